The fourth-order valence-corrected chi connectivity index (χ4v) is 4.86. The Labute approximate surface area is 185 Å². The first-order chi connectivity index (χ1) is 13.1. The van der Waals surface area contributed by atoms with Crippen LogP contribution < -0.4 is 10.2 Å². The number of carbonyl (C=O) groups is 1. The van der Waals surface area contributed by atoms with Crippen LogP contribution in [0.4, 0.5) is 10.1 Å². The molecule has 4 rings (SSSR count). The van der Waals surface area contributed by atoms with Gasteiger partial charge in [-0.05, 0) is 62.4 Å². The number of carbonyl (C=O) groups excluding carboxylic acids is 1. The summed E-state index contributed by atoms with van der Waals surface area (Å²) in [4.78, 5) is 19.7. The van der Waals surface area contributed by atoms with Crippen molar-refractivity contribution in [2.45, 2.75) is 32.2 Å². The molecule has 1 aromatic carbocycles. The Bertz CT molecular complexity index is 651. The first-order valence-corrected chi connectivity index (χ1v) is 10.3. The average molecular weight is 447 g/mol. The normalized spacial score (nSPS) is 22.7. The number of benzene rings is 1. The summed E-state index contributed by atoms with van der Waals surface area (Å²) in [7, 11) is 0. The zero-order chi connectivity index (χ0) is 18.9. The summed E-state index contributed by atoms with van der Waals surface area (Å²) in [5, 5.41) is 3.48. The number of amides is 1. The van der Waals surface area contributed by atoms with Crippen LogP contribution in [0, 0.1) is 11.2 Å². The molecule has 1 unspecified atom stereocenters. The van der Waals surface area contributed by atoms with Gasteiger partial charge in [0.25, 0.3) is 0 Å². The van der Waals surface area contributed by atoms with E-state index in [0.29, 0.717) is 5.41 Å². The molecular weight excluding hydrogens is 414 g/mol. The van der Waals surface area contributed by atoms with Gasteiger partial charge in [-0.3, -0.25) is 9.69 Å². The lowest BCUT2D eigenvalue weighted by atomic mass is 9.78. The second kappa shape index (κ2) is 10.3. The zero-order valence-corrected chi connectivity index (χ0v) is 18.7. The van der Waals surface area contributed by atoms with Crippen LogP contribution >= 0.6 is 24.8 Å². The van der Waals surface area contributed by atoms with E-state index >= 15 is 0 Å². The molecule has 5 nitrogen and oxygen atoms in total. The highest BCUT2D eigenvalue weighted by atomic mass is 35.5. The Morgan fingerprint density at radius 3 is 2.17 bits per heavy atom. The molecule has 3 aliphatic heterocycles. The molecule has 0 saturated carbocycles. The minimum absolute atomic E-state index is 0. The number of nitrogens with one attached hydrogen (secondary N) is 1. The minimum Gasteiger partial charge on any atom is -0.369 e. The van der Waals surface area contributed by atoms with E-state index in [1.807, 2.05) is 12.1 Å². The molecule has 0 aromatic heterocycles. The molecule has 1 spiro atoms. The highest BCUT2D eigenvalue weighted by molar-refractivity contribution is 5.85. The van der Waals surface area contributed by atoms with Crippen LogP contribution in [0.15, 0.2) is 24.3 Å². The number of anilines is 1. The number of hydrogen-bond donors (Lipinski definition) is 1. The fourth-order valence-electron chi connectivity index (χ4n) is 4.86. The van der Waals surface area contributed by atoms with E-state index in [-0.39, 0.29) is 42.6 Å². The number of piperidine rings is 1. The van der Waals surface area contributed by atoms with Crippen molar-refractivity contribution >= 4 is 36.4 Å². The predicted molar refractivity (Wildman–Crippen MR) is 120 cm³/mol. The Morgan fingerprint density at radius 2 is 1.62 bits per heavy atom. The van der Waals surface area contributed by atoms with Crippen molar-refractivity contribution in [3.8, 4) is 0 Å². The summed E-state index contributed by atoms with van der Waals surface area (Å²) in [6.45, 7) is 9.59. The summed E-state index contributed by atoms with van der Waals surface area (Å²) >= 11 is 0. The van der Waals surface area contributed by atoms with E-state index in [1.165, 1.54) is 18.6 Å². The lowest BCUT2D eigenvalue weighted by Gasteiger charge is -2.43. The molecule has 1 atom stereocenters. The Kier molecular flexibility index (Phi) is 8.59. The number of hydrogen-bond acceptors (Lipinski definition) is 4. The van der Waals surface area contributed by atoms with Gasteiger partial charge in [0.05, 0.1) is 6.04 Å². The third-order valence-corrected chi connectivity index (χ3v) is 6.88. The Morgan fingerprint density at radius 1 is 1.00 bits per heavy atom. The molecule has 1 aromatic rings. The van der Waals surface area contributed by atoms with E-state index in [0.717, 1.165) is 70.9 Å². The zero-order valence-electron chi connectivity index (χ0n) is 17.1. The number of nitrogens with zero attached hydrogens (tertiary/aromatic N) is 3. The summed E-state index contributed by atoms with van der Waals surface area (Å²) in [5.41, 5.74) is 1.50. The van der Waals surface area contributed by atoms with Crippen molar-refractivity contribution in [3.63, 3.8) is 0 Å². The molecule has 164 valence electrons. The second-order valence-electron chi connectivity index (χ2n) is 8.43. The van der Waals surface area contributed by atoms with Crippen LogP contribution in [0.1, 0.15) is 26.2 Å². The van der Waals surface area contributed by atoms with Crippen LogP contribution in [-0.4, -0.2) is 74.1 Å². The number of rotatable bonds is 3. The van der Waals surface area contributed by atoms with Gasteiger partial charge in [0.2, 0.25) is 5.91 Å². The third-order valence-electron chi connectivity index (χ3n) is 6.88. The molecular formula is C21H33Cl2FN4O. The van der Waals surface area contributed by atoms with Gasteiger partial charge in [0.15, 0.2) is 0 Å². The monoisotopic (exact) mass is 446 g/mol. The third kappa shape index (κ3) is 5.35. The minimum atomic E-state index is -0.201. The standard InChI is InChI=1S/C21H31FN4O.2ClH/c1-17(20(27)26-10-7-21(8-11-26)6-9-23-16-21)24-12-14-25(15-13-24)19-4-2-18(22)3-5-19;;/h2-5,17,23H,6-16H2,1H3;2*1H. The van der Waals surface area contributed by atoms with E-state index in [2.05, 4.69) is 26.9 Å². The first-order valence-electron chi connectivity index (χ1n) is 10.3. The van der Waals surface area contributed by atoms with Crippen molar-refractivity contribution in [1.82, 2.24) is 15.1 Å². The quantitative estimate of drug-likeness (QED) is 0.774. The number of likely N-dealkylation sites (tertiary alicyclic amines) is 1. The molecule has 3 heterocycles. The van der Waals surface area contributed by atoms with Gasteiger partial charge in [-0.2, -0.15) is 0 Å². The van der Waals surface area contributed by atoms with Gasteiger partial charge in [-0.1, -0.05) is 0 Å². The van der Waals surface area contributed by atoms with Crippen LogP contribution in [0.2, 0.25) is 0 Å². The predicted octanol–water partition coefficient (Wildman–Crippen LogP) is 2.78. The van der Waals surface area contributed by atoms with Crippen molar-refractivity contribution in [2.24, 2.45) is 5.41 Å². The summed E-state index contributed by atoms with van der Waals surface area (Å²) < 4.78 is 13.1. The van der Waals surface area contributed by atoms with Crippen molar-refractivity contribution < 1.29 is 9.18 Å². The first kappa shape index (κ1) is 24.2. The maximum absolute atomic E-state index is 13.1. The highest BCUT2D eigenvalue weighted by Crippen LogP contribution is 2.37. The molecule has 0 aliphatic carbocycles. The largest absolute Gasteiger partial charge is 0.369 e. The maximum atomic E-state index is 13.1. The molecule has 0 bridgehead atoms. The van der Waals surface area contributed by atoms with Crippen LogP contribution in [0.25, 0.3) is 0 Å². The molecule has 3 aliphatic rings. The lowest BCUT2D eigenvalue weighted by molar-refractivity contribution is -0.138. The van der Waals surface area contributed by atoms with Gasteiger partial charge in [0, 0.05) is 51.5 Å². The molecule has 1 N–H and O–H groups in total. The molecule has 1 amide bonds. The van der Waals surface area contributed by atoms with E-state index in [4.69, 9.17) is 0 Å². The summed E-state index contributed by atoms with van der Waals surface area (Å²) in [6, 6.07) is 6.63. The smallest absolute Gasteiger partial charge is 0.239 e. The number of halogens is 3. The van der Waals surface area contributed by atoms with Gasteiger partial charge in [-0.25, -0.2) is 4.39 Å². The Balaban J connectivity index is 0.00000150. The molecule has 3 fully saturated rings. The number of piperazine rings is 1. The van der Waals surface area contributed by atoms with Crippen molar-refractivity contribution in [3.05, 3.63) is 30.1 Å². The van der Waals surface area contributed by atoms with Gasteiger partial charge >= 0.3 is 0 Å². The summed E-state index contributed by atoms with van der Waals surface area (Å²) in [6.07, 6.45) is 3.53. The van der Waals surface area contributed by atoms with Gasteiger partial charge < -0.3 is 15.1 Å². The second-order valence-corrected chi connectivity index (χ2v) is 8.43. The van der Waals surface area contributed by atoms with Crippen LogP contribution in [-0.2, 0) is 4.79 Å². The van der Waals surface area contributed by atoms with Crippen LogP contribution in [0.5, 0.6) is 0 Å². The van der Waals surface area contributed by atoms with E-state index < -0.39 is 0 Å². The van der Waals surface area contributed by atoms with Crippen LogP contribution in [0.3, 0.4) is 0 Å². The van der Waals surface area contributed by atoms with Crippen molar-refractivity contribution in [1.29, 1.82) is 0 Å². The Hall–Kier alpha value is -1.08. The molecule has 3 saturated heterocycles. The SMILES string of the molecule is CC(C(=O)N1CCC2(CCNC2)CC1)N1CCN(c2ccc(F)cc2)CC1.Cl.Cl. The van der Waals surface area contributed by atoms with E-state index in [9.17, 15) is 9.18 Å². The topological polar surface area (TPSA) is 38.8 Å². The molecule has 8 heteroatoms. The van der Waals surface area contributed by atoms with Gasteiger partial charge in [0.1, 0.15) is 5.82 Å². The summed E-state index contributed by atoms with van der Waals surface area (Å²) in [5.74, 6) is 0.0827. The van der Waals surface area contributed by atoms with Gasteiger partial charge in [-0.15, -0.1) is 24.8 Å². The molecule has 0 radical (unpaired) electrons. The van der Waals surface area contributed by atoms with E-state index in [1.54, 1.807) is 0 Å². The van der Waals surface area contributed by atoms with Crippen molar-refractivity contribution in [2.75, 3.05) is 57.3 Å². The fraction of sp³-hybridized carbons (Fsp3) is 0.667. The highest BCUT2D eigenvalue weighted by Gasteiger charge is 2.39. The average Bonchev–Trinajstić information content (AvgIpc) is 3.16. The molecule has 29 heavy (non-hydrogen) atoms. The maximum Gasteiger partial charge on any atom is 0.239 e. The lowest BCUT2D eigenvalue weighted by Crippen LogP contribution is -2.56.